The van der Waals surface area contributed by atoms with Gasteiger partial charge in [-0.05, 0) is 39.3 Å². The second kappa shape index (κ2) is 8.13. The van der Waals surface area contributed by atoms with Crippen molar-refractivity contribution in [1.82, 2.24) is 15.1 Å². The summed E-state index contributed by atoms with van der Waals surface area (Å²) in [5.41, 5.74) is -0.699. The maximum atomic E-state index is 15.0. The Morgan fingerprint density at radius 1 is 1.06 bits per heavy atom. The SMILES string of the molecule is CC(C)(C)OC(=O)N1CCN(c2cc(F)c3c(c2)C(=O)N(C2CCC(=O)NC2=O)C3=O)CC1. The lowest BCUT2D eigenvalue weighted by molar-refractivity contribution is -0.136. The van der Waals surface area contributed by atoms with Gasteiger partial charge in [-0.1, -0.05) is 0 Å². The summed E-state index contributed by atoms with van der Waals surface area (Å²) in [5, 5.41) is 2.11. The van der Waals surface area contributed by atoms with E-state index >= 15 is 0 Å². The minimum absolute atomic E-state index is 0.00274. The number of carbonyl (C=O) groups is 5. The van der Waals surface area contributed by atoms with Crippen LogP contribution in [-0.4, -0.2) is 77.3 Å². The Hall–Kier alpha value is -3.50. The number of piperidine rings is 1. The molecule has 0 bridgehead atoms. The van der Waals surface area contributed by atoms with E-state index in [1.807, 2.05) is 4.90 Å². The van der Waals surface area contributed by atoms with Crippen LogP contribution in [0.4, 0.5) is 14.9 Å². The van der Waals surface area contributed by atoms with Crippen molar-refractivity contribution in [2.45, 2.75) is 45.3 Å². The van der Waals surface area contributed by atoms with Crippen molar-refractivity contribution in [3.63, 3.8) is 0 Å². The van der Waals surface area contributed by atoms with Gasteiger partial charge in [0.15, 0.2) is 0 Å². The molecule has 5 amide bonds. The average molecular weight is 460 g/mol. The normalized spacial score (nSPS) is 21.3. The highest BCUT2D eigenvalue weighted by Crippen LogP contribution is 2.33. The third-order valence-corrected chi connectivity index (χ3v) is 5.78. The summed E-state index contributed by atoms with van der Waals surface area (Å²) in [6.07, 6.45) is -0.445. The van der Waals surface area contributed by atoms with Gasteiger partial charge < -0.3 is 14.5 Å². The Morgan fingerprint density at radius 2 is 1.73 bits per heavy atom. The van der Waals surface area contributed by atoms with Gasteiger partial charge in [-0.3, -0.25) is 29.4 Å². The lowest BCUT2D eigenvalue weighted by atomic mass is 10.0. The number of carbonyl (C=O) groups excluding carboxylic acids is 5. The number of fused-ring (bicyclic) bond motifs is 1. The molecule has 2 saturated heterocycles. The standard InChI is InChI=1S/C22H25FN4O6/c1-22(2,3)33-21(32)26-8-6-25(7-9-26)12-10-13-17(14(23)11-12)20(31)27(19(13)30)15-4-5-16(28)24-18(15)29/h10-11,15H,4-9H2,1-3H3,(H,24,28,29). The van der Waals surface area contributed by atoms with Crippen LogP contribution in [0.1, 0.15) is 54.3 Å². The number of nitrogens with zero attached hydrogens (tertiary/aromatic N) is 3. The first-order valence-corrected chi connectivity index (χ1v) is 10.7. The summed E-state index contributed by atoms with van der Waals surface area (Å²) in [6.45, 7) is 6.82. The summed E-state index contributed by atoms with van der Waals surface area (Å²) in [7, 11) is 0. The smallest absolute Gasteiger partial charge is 0.410 e. The van der Waals surface area contributed by atoms with Crippen LogP contribution in [0.2, 0.25) is 0 Å². The summed E-state index contributed by atoms with van der Waals surface area (Å²) < 4.78 is 20.3. The summed E-state index contributed by atoms with van der Waals surface area (Å²) in [6, 6.07) is 1.46. The van der Waals surface area contributed by atoms with Crippen molar-refractivity contribution in [3.8, 4) is 0 Å². The Morgan fingerprint density at radius 3 is 2.33 bits per heavy atom. The molecule has 2 fully saturated rings. The number of piperazine rings is 1. The molecule has 1 unspecified atom stereocenters. The number of benzene rings is 1. The molecule has 0 aliphatic carbocycles. The van der Waals surface area contributed by atoms with Gasteiger partial charge >= 0.3 is 6.09 Å². The van der Waals surface area contributed by atoms with Crippen LogP contribution in [0.25, 0.3) is 0 Å². The number of rotatable bonds is 2. The predicted octanol–water partition coefficient (Wildman–Crippen LogP) is 1.28. The molecule has 1 aromatic carbocycles. The molecule has 3 aliphatic heterocycles. The lowest BCUT2D eigenvalue weighted by Gasteiger charge is -2.36. The number of hydrogen-bond donors (Lipinski definition) is 1. The molecule has 3 aliphatic rings. The van der Waals surface area contributed by atoms with E-state index in [9.17, 15) is 28.4 Å². The van der Waals surface area contributed by atoms with Crippen molar-refractivity contribution in [2.24, 2.45) is 0 Å². The number of amides is 5. The summed E-state index contributed by atoms with van der Waals surface area (Å²) in [4.78, 5) is 65.7. The number of imide groups is 2. The number of nitrogens with one attached hydrogen (secondary N) is 1. The van der Waals surface area contributed by atoms with Crippen LogP contribution in [0, 0.1) is 5.82 Å². The molecule has 11 heteroatoms. The highest BCUT2D eigenvalue weighted by molar-refractivity contribution is 6.23. The van der Waals surface area contributed by atoms with E-state index in [0.29, 0.717) is 31.9 Å². The van der Waals surface area contributed by atoms with Crippen molar-refractivity contribution in [1.29, 1.82) is 0 Å². The molecule has 10 nitrogen and oxygen atoms in total. The van der Waals surface area contributed by atoms with Crippen LogP contribution in [0.5, 0.6) is 0 Å². The first-order valence-electron chi connectivity index (χ1n) is 10.7. The van der Waals surface area contributed by atoms with E-state index in [4.69, 9.17) is 4.74 Å². The van der Waals surface area contributed by atoms with Crippen LogP contribution in [0.15, 0.2) is 12.1 Å². The topological polar surface area (TPSA) is 116 Å². The van der Waals surface area contributed by atoms with E-state index in [1.54, 1.807) is 25.7 Å². The predicted molar refractivity (Wildman–Crippen MR) is 113 cm³/mol. The fourth-order valence-corrected chi connectivity index (χ4v) is 4.19. The molecule has 0 aromatic heterocycles. The monoisotopic (exact) mass is 460 g/mol. The third-order valence-electron chi connectivity index (χ3n) is 5.78. The fourth-order valence-electron chi connectivity index (χ4n) is 4.19. The van der Waals surface area contributed by atoms with Crippen LogP contribution >= 0.6 is 0 Å². The van der Waals surface area contributed by atoms with Gasteiger partial charge in [0.1, 0.15) is 17.5 Å². The summed E-state index contributed by atoms with van der Waals surface area (Å²) in [5.74, 6) is -3.74. The average Bonchev–Trinajstić information content (AvgIpc) is 2.98. The molecule has 1 atom stereocenters. The fraction of sp³-hybridized carbons (Fsp3) is 0.500. The molecule has 3 heterocycles. The second-order valence-electron chi connectivity index (χ2n) is 9.25. The van der Waals surface area contributed by atoms with Gasteiger partial charge in [0.2, 0.25) is 11.8 Å². The number of hydrogen-bond acceptors (Lipinski definition) is 7. The quantitative estimate of drug-likeness (QED) is 0.661. The maximum absolute atomic E-state index is 15.0. The zero-order chi connectivity index (χ0) is 24.1. The molecule has 1 N–H and O–H groups in total. The van der Waals surface area contributed by atoms with E-state index in [0.717, 1.165) is 4.90 Å². The van der Waals surface area contributed by atoms with E-state index < -0.39 is 47.2 Å². The highest BCUT2D eigenvalue weighted by Gasteiger charge is 2.46. The zero-order valence-electron chi connectivity index (χ0n) is 18.6. The number of halogens is 1. The molecule has 4 rings (SSSR count). The van der Waals surface area contributed by atoms with E-state index in [1.165, 1.54) is 12.1 Å². The molecule has 0 spiro atoms. The van der Waals surface area contributed by atoms with E-state index in [2.05, 4.69) is 5.32 Å². The van der Waals surface area contributed by atoms with Gasteiger partial charge in [-0.2, -0.15) is 0 Å². The molecule has 176 valence electrons. The minimum Gasteiger partial charge on any atom is -0.444 e. The Kier molecular flexibility index (Phi) is 5.59. The molecular formula is C22H25FN4O6. The molecule has 0 radical (unpaired) electrons. The zero-order valence-corrected chi connectivity index (χ0v) is 18.6. The molecule has 0 saturated carbocycles. The summed E-state index contributed by atoms with van der Waals surface area (Å²) >= 11 is 0. The van der Waals surface area contributed by atoms with Crippen molar-refractivity contribution >= 4 is 35.4 Å². The Labute approximate surface area is 189 Å². The maximum Gasteiger partial charge on any atom is 0.410 e. The number of anilines is 1. The molecule has 1 aromatic rings. The van der Waals surface area contributed by atoms with Crippen molar-refractivity contribution < 1.29 is 33.1 Å². The van der Waals surface area contributed by atoms with Gasteiger partial charge in [-0.25, -0.2) is 9.18 Å². The first kappa shape index (κ1) is 22.7. The Bertz CT molecular complexity index is 1060. The van der Waals surface area contributed by atoms with Crippen LogP contribution < -0.4 is 10.2 Å². The lowest BCUT2D eigenvalue weighted by Crippen LogP contribution is -2.54. The second-order valence-corrected chi connectivity index (χ2v) is 9.25. The largest absolute Gasteiger partial charge is 0.444 e. The molecular weight excluding hydrogens is 435 g/mol. The van der Waals surface area contributed by atoms with Gasteiger partial charge in [-0.15, -0.1) is 0 Å². The molecule has 33 heavy (non-hydrogen) atoms. The van der Waals surface area contributed by atoms with Crippen LogP contribution in [-0.2, 0) is 14.3 Å². The van der Waals surface area contributed by atoms with Crippen molar-refractivity contribution in [3.05, 3.63) is 29.1 Å². The first-order chi connectivity index (χ1) is 15.5. The Balaban J connectivity index is 1.51. The minimum atomic E-state index is -1.16. The van der Waals surface area contributed by atoms with Gasteiger partial charge in [0, 0.05) is 38.3 Å². The van der Waals surface area contributed by atoms with Crippen LogP contribution in [0.3, 0.4) is 0 Å². The third kappa shape index (κ3) is 4.27. The number of ether oxygens (including phenoxy) is 1. The van der Waals surface area contributed by atoms with Gasteiger partial charge in [0.25, 0.3) is 11.8 Å². The highest BCUT2D eigenvalue weighted by atomic mass is 19.1. The van der Waals surface area contributed by atoms with E-state index in [-0.39, 0.29) is 24.0 Å². The van der Waals surface area contributed by atoms with Crippen molar-refractivity contribution in [2.75, 3.05) is 31.1 Å². The van der Waals surface area contributed by atoms with Gasteiger partial charge in [0.05, 0.1) is 11.1 Å².